The topological polar surface area (TPSA) is 87.7 Å². The van der Waals surface area contributed by atoms with Crippen molar-refractivity contribution in [2.24, 2.45) is 4.99 Å². The standard InChI is InChI=1S/C23H39N5O4.HI/c1-6-32-11-7-9-24-23(25-15-22(29)27(2)3)26-19-8-10-28(17-19)16-18-12-20(30-4)14-21(13-18)31-5;/h12-14,19H,6-11,15-17H2,1-5H3,(H2,24,25,26);1H. The van der Waals surface area contributed by atoms with Crippen molar-refractivity contribution in [3.63, 3.8) is 0 Å². The Balaban J connectivity index is 0.00000544. The Bertz CT molecular complexity index is 725. The smallest absolute Gasteiger partial charge is 0.243 e. The van der Waals surface area contributed by atoms with Crippen LogP contribution in [0.5, 0.6) is 11.5 Å². The number of likely N-dealkylation sites (tertiary alicyclic amines) is 1. The van der Waals surface area contributed by atoms with E-state index in [9.17, 15) is 4.79 Å². The van der Waals surface area contributed by atoms with Crippen LogP contribution < -0.4 is 20.1 Å². The number of benzene rings is 1. The molecule has 1 saturated heterocycles. The largest absolute Gasteiger partial charge is 0.497 e. The van der Waals surface area contributed by atoms with Gasteiger partial charge in [-0.1, -0.05) is 0 Å². The summed E-state index contributed by atoms with van der Waals surface area (Å²) in [5, 5.41) is 6.83. The molecular formula is C23H40IN5O4. The first-order valence-corrected chi connectivity index (χ1v) is 11.2. The highest BCUT2D eigenvalue weighted by Crippen LogP contribution is 2.24. The third-order valence-electron chi connectivity index (χ3n) is 5.26. The average molecular weight is 578 g/mol. The van der Waals surface area contributed by atoms with Gasteiger partial charge in [0.15, 0.2) is 5.96 Å². The molecule has 1 atom stereocenters. The van der Waals surface area contributed by atoms with E-state index in [1.165, 1.54) is 0 Å². The predicted octanol–water partition coefficient (Wildman–Crippen LogP) is 1.95. The Kier molecular flexibility index (Phi) is 14.1. The molecule has 1 aliphatic rings. The van der Waals surface area contributed by atoms with Gasteiger partial charge in [0.2, 0.25) is 5.91 Å². The zero-order valence-corrected chi connectivity index (χ0v) is 22.9. The van der Waals surface area contributed by atoms with Crippen LogP contribution in [0.2, 0.25) is 0 Å². The Morgan fingerprint density at radius 2 is 1.91 bits per heavy atom. The first-order valence-electron chi connectivity index (χ1n) is 11.2. The SMILES string of the molecule is CCOCCCNC(=NCC(=O)N(C)C)NC1CCN(Cc2cc(OC)cc(OC)c2)C1.I. The van der Waals surface area contributed by atoms with E-state index < -0.39 is 0 Å². The summed E-state index contributed by atoms with van der Waals surface area (Å²) in [5.41, 5.74) is 1.15. The maximum atomic E-state index is 12.0. The van der Waals surface area contributed by atoms with Crippen LogP contribution in [0.4, 0.5) is 0 Å². The molecule has 2 rings (SSSR count). The molecule has 0 saturated carbocycles. The van der Waals surface area contributed by atoms with Crippen molar-refractivity contribution in [3.05, 3.63) is 23.8 Å². The van der Waals surface area contributed by atoms with E-state index in [1.807, 2.05) is 25.1 Å². The van der Waals surface area contributed by atoms with Gasteiger partial charge in [-0.3, -0.25) is 9.69 Å². The zero-order valence-electron chi connectivity index (χ0n) is 20.6. The summed E-state index contributed by atoms with van der Waals surface area (Å²) in [7, 11) is 6.81. The monoisotopic (exact) mass is 577 g/mol. The molecule has 1 aromatic carbocycles. The summed E-state index contributed by atoms with van der Waals surface area (Å²) in [6, 6.07) is 6.23. The number of amides is 1. The number of hydrogen-bond donors (Lipinski definition) is 2. The molecule has 2 N–H and O–H groups in total. The molecule has 0 radical (unpaired) electrons. The molecule has 1 heterocycles. The number of carbonyl (C=O) groups is 1. The second-order valence-corrected chi connectivity index (χ2v) is 8.02. The van der Waals surface area contributed by atoms with Crippen LogP contribution in [-0.4, -0.2) is 95.4 Å². The fourth-order valence-electron chi connectivity index (χ4n) is 3.47. The number of aliphatic imine (C=N–C) groups is 1. The van der Waals surface area contributed by atoms with Crippen LogP contribution >= 0.6 is 24.0 Å². The third-order valence-corrected chi connectivity index (χ3v) is 5.26. The van der Waals surface area contributed by atoms with Crippen LogP contribution in [-0.2, 0) is 16.1 Å². The Hall–Kier alpha value is -1.79. The molecule has 188 valence electrons. The van der Waals surface area contributed by atoms with E-state index in [1.54, 1.807) is 33.2 Å². The highest BCUT2D eigenvalue weighted by molar-refractivity contribution is 14.0. The maximum absolute atomic E-state index is 12.0. The second-order valence-electron chi connectivity index (χ2n) is 8.02. The molecule has 1 aromatic rings. The minimum absolute atomic E-state index is 0. The maximum Gasteiger partial charge on any atom is 0.243 e. The number of rotatable bonds is 12. The minimum Gasteiger partial charge on any atom is -0.497 e. The molecule has 0 bridgehead atoms. The second kappa shape index (κ2) is 15.9. The molecule has 1 fully saturated rings. The lowest BCUT2D eigenvalue weighted by Crippen LogP contribution is -2.45. The summed E-state index contributed by atoms with van der Waals surface area (Å²) in [6.45, 7) is 6.95. The summed E-state index contributed by atoms with van der Waals surface area (Å²) in [4.78, 5) is 20.4. The number of carbonyl (C=O) groups excluding carboxylic acids is 1. The van der Waals surface area contributed by atoms with Crippen LogP contribution in [0.25, 0.3) is 0 Å². The van der Waals surface area contributed by atoms with Gasteiger partial charge in [-0.25, -0.2) is 4.99 Å². The van der Waals surface area contributed by atoms with Crippen molar-refractivity contribution in [1.82, 2.24) is 20.4 Å². The van der Waals surface area contributed by atoms with E-state index in [0.29, 0.717) is 19.2 Å². The van der Waals surface area contributed by atoms with Crippen molar-refractivity contribution in [2.75, 3.05) is 67.7 Å². The first kappa shape index (κ1) is 29.2. The number of nitrogens with zero attached hydrogens (tertiary/aromatic N) is 3. The Morgan fingerprint density at radius 3 is 2.52 bits per heavy atom. The van der Waals surface area contributed by atoms with Gasteiger partial charge in [-0.05, 0) is 37.5 Å². The molecule has 1 unspecified atom stereocenters. The van der Waals surface area contributed by atoms with Gasteiger partial charge in [0, 0.05) is 65.6 Å². The zero-order chi connectivity index (χ0) is 23.3. The van der Waals surface area contributed by atoms with Crippen LogP contribution in [0, 0.1) is 0 Å². The molecular weight excluding hydrogens is 537 g/mol. The molecule has 33 heavy (non-hydrogen) atoms. The molecule has 1 amide bonds. The van der Waals surface area contributed by atoms with E-state index >= 15 is 0 Å². The molecule has 0 spiro atoms. The number of likely N-dealkylation sites (N-methyl/N-ethyl adjacent to an activating group) is 1. The van der Waals surface area contributed by atoms with Gasteiger partial charge in [0.25, 0.3) is 0 Å². The average Bonchev–Trinajstić information content (AvgIpc) is 3.22. The van der Waals surface area contributed by atoms with Crippen molar-refractivity contribution in [3.8, 4) is 11.5 Å². The van der Waals surface area contributed by atoms with Gasteiger partial charge in [-0.15, -0.1) is 24.0 Å². The number of guanidine groups is 1. The Labute approximate surface area is 215 Å². The van der Waals surface area contributed by atoms with Crippen molar-refractivity contribution >= 4 is 35.8 Å². The first-order chi connectivity index (χ1) is 15.4. The molecule has 0 aliphatic carbocycles. The fourth-order valence-corrected chi connectivity index (χ4v) is 3.47. The van der Waals surface area contributed by atoms with E-state index in [-0.39, 0.29) is 42.5 Å². The van der Waals surface area contributed by atoms with Crippen molar-refractivity contribution in [1.29, 1.82) is 0 Å². The van der Waals surface area contributed by atoms with Crippen molar-refractivity contribution in [2.45, 2.75) is 32.4 Å². The highest BCUT2D eigenvalue weighted by atomic mass is 127. The molecule has 10 heteroatoms. The minimum atomic E-state index is -0.0274. The van der Waals surface area contributed by atoms with E-state index in [4.69, 9.17) is 14.2 Å². The molecule has 1 aliphatic heterocycles. The number of hydrogen-bond acceptors (Lipinski definition) is 6. The summed E-state index contributed by atoms with van der Waals surface area (Å²) < 4.78 is 16.2. The lowest BCUT2D eigenvalue weighted by Gasteiger charge is -2.20. The number of ether oxygens (including phenoxy) is 3. The summed E-state index contributed by atoms with van der Waals surface area (Å²) in [5.74, 6) is 2.24. The third kappa shape index (κ3) is 10.8. The van der Waals surface area contributed by atoms with Crippen LogP contribution in [0.15, 0.2) is 23.2 Å². The van der Waals surface area contributed by atoms with Crippen LogP contribution in [0.1, 0.15) is 25.3 Å². The quantitative estimate of drug-likeness (QED) is 0.170. The normalized spacial score (nSPS) is 16.2. The summed E-state index contributed by atoms with van der Waals surface area (Å²) in [6.07, 6.45) is 1.88. The van der Waals surface area contributed by atoms with Crippen LogP contribution in [0.3, 0.4) is 0 Å². The Morgan fingerprint density at radius 1 is 1.21 bits per heavy atom. The molecule has 9 nitrogen and oxygen atoms in total. The predicted molar refractivity (Wildman–Crippen MR) is 142 cm³/mol. The van der Waals surface area contributed by atoms with Gasteiger partial charge < -0.3 is 29.7 Å². The summed E-state index contributed by atoms with van der Waals surface area (Å²) >= 11 is 0. The lowest BCUT2D eigenvalue weighted by atomic mass is 10.2. The van der Waals surface area contributed by atoms with Gasteiger partial charge in [0.05, 0.1) is 14.2 Å². The van der Waals surface area contributed by atoms with Crippen molar-refractivity contribution < 1.29 is 19.0 Å². The number of halogens is 1. The molecule has 0 aromatic heterocycles. The fraction of sp³-hybridized carbons (Fsp3) is 0.652. The van der Waals surface area contributed by atoms with E-state index in [2.05, 4.69) is 20.5 Å². The highest BCUT2D eigenvalue weighted by Gasteiger charge is 2.23. The lowest BCUT2D eigenvalue weighted by molar-refractivity contribution is -0.127. The van der Waals surface area contributed by atoms with E-state index in [0.717, 1.165) is 56.1 Å². The number of nitrogens with one attached hydrogen (secondary N) is 2. The van der Waals surface area contributed by atoms with Gasteiger partial charge in [0.1, 0.15) is 18.0 Å². The van der Waals surface area contributed by atoms with Gasteiger partial charge in [-0.2, -0.15) is 0 Å². The van der Waals surface area contributed by atoms with Gasteiger partial charge >= 0.3 is 0 Å². The number of methoxy groups -OCH3 is 2.